The Labute approximate surface area is 231 Å². The molecule has 0 radical (unpaired) electrons. The summed E-state index contributed by atoms with van der Waals surface area (Å²) >= 11 is 12.2. The molecule has 0 bridgehead atoms. The zero-order chi connectivity index (χ0) is 26.9. The number of hydrogen-bond acceptors (Lipinski definition) is 3. The number of halogens is 4. The van der Waals surface area contributed by atoms with E-state index in [9.17, 15) is 17.2 Å². The Balaban J connectivity index is 1.48. The summed E-state index contributed by atoms with van der Waals surface area (Å²) in [5.41, 5.74) is 2.51. The maximum absolute atomic E-state index is 14.2. The zero-order valence-corrected chi connectivity index (χ0v) is 22.5. The zero-order valence-electron chi connectivity index (χ0n) is 20.1. The smallest absolute Gasteiger partial charge is 0.239 e. The first-order valence-electron chi connectivity index (χ1n) is 12.0. The molecule has 0 spiro atoms. The maximum atomic E-state index is 14.2. The van der Waals surface area contributed by atoms with Gasteiger partial charge in [-0.05, 0) is 53.1 Å². The van der Waals surface area contributed by atoms with Gasteiger partial charge in [0.15, 0.2) is 0 Å². The van der Waals surface area contributed by atoms with E-state index in [-0.39, 0.29) is 17.5 Å². The Morgan fingerprint density at radius 3 is 1.79 bits per heavy atom. The SMILES string of the molecule is O=S(=O)(Cc1ccccc1)N(c1cc(F)cc(F)c1)C1CN(C(c2ccc(Cl)cc2)c2ccc(Cl)cc2)C1. The second-order valence-electron chi connectivity index (χ2n) is 9.28. The molecule has 0 N–H and O–H groups in total. The molecule has 1 heterocycles. The molecule has 1 saturated heterocycles. The fourth-order valence-corrected chi connectivity index (χ4v) is 6.89. The molecule has 5 rings (SSSR count). The van der Waals surface area contributed by atoms with Crippen molar-refractivity contribution in [3.63, 3.8) is 0 Å². The third kappa shape index (κ3) is 5.86. The van der Waals surface area contributed by atoms with E-state index in [1.807, 2.05) is 48.5 Å². The first-order chi connectivity index (χ1) is 18.2. The fraction of sp³-hybridized carbons (Fsp3) is 0.172. The van der Waals surface area contributed by atoms with Gasteiger partial charge in [0.1, 0.15) is 11.6 Å². The number of rotatable bonds is 8. The van der Waals surface area contributed by atoms with E-state index in [1.54, 1.807) is 30.3 Å². The van der Waals surface area contributed by atoms with Crippen LogP contribution in [0.4, 0.5) is 14.5 Å². The number of hydrogen-bond donors (Lipinski definition) is 0. The Kier molecular flexibility index (Phi) is 7.73. The second-order valence-corrected chi connectivity index (χ2v) is 12.0. The molecule has 9 heteroatoms. The summed E-state index contributed by atoms with van der Waals surface area (Å²) in [6.07, 6.45) is 0. The van der Waals surface area contributed by atoms with Gasteiger partial charge in [-0.3, -0.25) is 9.21 Å². The highest BCUT2D eigenvalue weighted by Crippen LogP contribution is 2.37. The first kappa shape index (κ1) is 26.6. The van der Waals surface area contributed by atoms with Gasteiger partial charge in [-0.15, -0.1) is 0 Å². The molecule has 0 atom stereocenters. The van der Waals surface area contributed by atoms with E-state index < -0.39 is 27.7 Å². The standard InChI is InChI=1S/C29H24Cl2F2N2O2S/c30-23-10-6-21(7-11-23)29(22-8-12-24(31)13-9-22)34-17-28(18-34)35(27-15-25(32)14-26(33)16-27)38(36,37)19-20-4-2-1-3-5-20/h1-16,28-29H,17-19H2. The molecule has 38 heavy (non-hydrogen) atoms. The molecular weight excluding hydrogens is 549 g/mol. The number of likely N-dealkylation sites (tertiary alicyclic amines) is 1. The van der Waals surface area contributed by atoms with Gasteiger partial charge in [-0.25, -0.2) is 17.2 Å². The average molecular weight is 573 g/mol. The normalized spacial score (nSPS) is 14.4. The lowest BCUT2D eigenvalue weighted by Gasteiger charge is -2.49. The minimum absolute atomic E-state index is 0.0300. The first-order valence-corrected chi connectivity index (χ1v) is 14.3. The van der Waals surface area contributed by atoms with Gasteiger partial charge in [0.25, 0.3) is 0 Å². The van der Waals surface area contributed by atoms with Crippen molar-refractivity contribution in [2.75, 3.05) is 17.4 Å². The van der Waals surface area contributed by atoms with Gasteiger partial charge in [0.2, 0.25) is 10.0 Å². The fourth-order valence-electron chi connectivity index (χ4n) is 4.87. The van der Waals surface area contributed by atoms with Crippen molar-refractivity contribution in [2.45, 2.75) is 17.8 Å². The molecule has 1 aliphatic rings. The van der Waals surface area contributed by atoms with Crippen molar-refractivity contribution in [1.29, 1.82) is 0 Å². The van der Waals surface area contributed by atoms with Gasteiger partial charge >= 0.3 is 0 Å². The van der Waals surface area contributed by atoms with E-state index in [0.29, 0.717) is 28.7 Å². The molecular formula is C29H24Cl2F2N2O2S. The van der Waals surface area contributed by atoms with Gasteiger partial charge in [-0.2, -0.15) is 0 Å². The third-order valence-electron chi connectivity index (χ3n) is 6.55. The molecule has 4 aromatic rings. The van der Waals surface area contributed by atoms with Crippen molar-refractivity contribution in [3.05, 3.63) is 135 Å². The van der Waals surface area contributed by atoms with Crippen LogP contribution in [0.1, 0.15) is 22.7 Å². The lowest BCUT2D eigenvalue weighted by Crippen LogP contribution is -2.62. The lowest BCUT2D eigenvalue weighted by atomic mass is 9.93. The third-order valence-corrected chi connectivity index (χ3v) is 8.86. The molecule has 0 unspecified atom stereocenters. The van der Waals surface area contributed by atoms with E-state index in [0.717, 1.165) is 29.3 Å². The number of benzene rings is 4. The van der Waals surface area contributed by atoms with Gasteiger partial charge < -0.3 is 0 Å². The Morgan fingerprint density at radius 1 is 0.789 bits per heavy atom. The summed E-state index contributed by atoms with van der Waals surface area (Å²) in [5, 5.41) is 1.22. The van der Waals surface area contributed by atoms with Gasteiger partial charge in [0.05, 0.1) is 23.5 Å². The monoisotopic (exact) mass is 572 g/mol. The molecule has 196 valence electrons. The van der Waals surface area contributed by atoms with Crippen LogP contribution in [0.25, 0.3) is 0 Å². The molecule has 1 fully saturated rings. The molecule has 0 aromatic heterocycles. The highest BCUT2D eigenvalue weighted by Gasteiger charge is 2.42. The van der Waals surface area contributed by atoms with E-state index in [2.05, 4.69) is 4.90 Å². The van der Waals surface area contributed by atoms with Crippen LogP contribution in [0.2, 0.25) is 10.0 Å². The summed E-state index contributed by atoms with van der Waals surface area (Å²) in [6, 6.07) is 25.8. The molecule has 0 amide bonds. The van der Waals surface area contributed by atoms with E-state index in [4.69, 9.17) is 23.2 Å². The predicted molar refractivity (Wildman–Crippen MR) is 148 cm³/mol. The minimum Gasteiger partial charge on any atom is -0.288 e. The number of sulfonamides is 1. The summed E-state index contributed by atoms with van der Waals surface area (Å²) in [7, 11) is -3.97. The summed E-state index contributed by atoms with van der Waals surface area (Å²) in [5.74, 6) is -1.96. The molecule has 4 nitrogen and oxygen atoms in total. The van der Waals surface area contributed by atoms with Crippen molar-refractivity contribution < 1.29 is 17.2 Å². The van der Waals surface area contributed by atoms with Gasteiger partial charge in [-0.1, -0.05) is 77.8 Å². The second kappa shape index (κ2) is 11.0. The van der Waals surface area contributed by atoms with Crippen molar-refractivity contribution in [2.24, 2.45) is 0 Å². The summed E-state index contributed by atoms with van der Waals surface area (Å²) in [6.45, 7) is 0.699. The largest absolute Gasteiger partial charge is 0.288 e. The number of anilines is 1. The van der Waals surface area contributed by atoms with E-state index >= 15 is 0 Å². The van der Waals surface area contributed by atoms with Gasteiger partial charge in [0, 0.05) is 29.2 Å². The van der Waals surface area contributed by atoms with E-state index in [1.165, 1.54) is 4.31 Å². The minimum atomic E-state index is -3.97. The van der Waals surface area contributed by atoms with Crippen LogP contribution in [0, 0.1) is 11.6 Å². The Hall–Kier alpha value is -2.97. The molecule has 0 aliphatic carbocycles. The van der Waals surface area contributed by atoms with Crippen LogP contribution in [0.5, 0.6) is 0 Å². The lowest BCUT2D eigenvalue weighted by molar-refractivity contribution is 0.116. The molecule has 0 saturated carbocycles. The van der Waals surface area contributed by atoms with Crippen molar-refractivity contribution in [1.82, 2.24) is 4.90 Å². The van der Waals surface area contributed by atoms with Crippen LogP contribution < -0.4 is 4.31 Å². The highest BCUT2D eigenvalue weighted by molar-refractivity contribution is 7.92. The molecule has 1 aliphatic heterocycles. The van der Waals surface area contributed by atoms with Crippen molar-refractivity contribution in [3.8, 4) is 0 Å². The molecule has 4 aromatic carbocycles. The highest BCUT2D eigenvalue weighted by atomic mass is 35.5. The van der Waals surface area contributed by atoms with Crippen LogP contribution in [0.15, 0.2) is 97.1 Å². The van der Waals surface area contributed by atoms with Crippen molar-refractivity contribution >= 4 is 38.9 Å². The number of nitrogens with zero attached hydrogens (tertiary/aromatic N) is 2. The topological polar surface area (TPSA) is 40.6 Å². The van der Waals surface area contributed by atoms with Crippen LogP contribution >= 0.6 is 23.2 Å². The van der Waals surface area contributed by atoms with Crippen LogP contribution in [0.3, 0.4) is 0 Å². The summed E-state index contributed by atoms with van der Waals surface area (Å²) in [4.78, 5) is 2.12. The quantitative estimate of drug-likeness (QED) is 0.226. The van der Waals surface area contributed by atoms with Crippen LogP contribution in [-0.4, -0.2) is 32.4 Å². The van der Waals surface area contributed by atoms with Crippen LogP contribution in [-0.2, 0) is 15.8 Å². The maximum Gasteiger partial charge on any atom is 0.239 e. The summed E-state index contributed by atoms with van der Waals surface area (Å²) < 4.78 is 57.0. The predicted octanol–water partition coefficient (Wildman–Crippen LogP) is 7.08. The Morgan fingerprint density at radius 2 is 1.29 bits per heavy atom. The average Bonchev–Trinajstić information content (AvgIpc) is 2.84. The Bertz CT molecular complexity index is 1450.